The summed E-state index contributed by atoms with van der Waals surface area (Å²) in [6, 6.07) is 6.02. The fraction of sp³-hybridized carbons (Fsp3) is 0.333. The molecule has 1 saturated carbocycles. The minimum absolute atomic E-state index is 0.233. The lowest BCUT2D eigenvalue weighted by Crippen LogP contribution is -2.18. The standard InChI is InChI=1S/C18H17ClN2OS/c1-10-2-5-14-15(6-10)23-17(16(14)19)18(22)21-20-9-13-8-11-3-4-12(13)7-11/h2-6,9,11-13H,7-8H2,1H3,(H,21,22)/b20-9+. The molecule has 2 aliphatic carbocycles. The second kappa shape index (κ2) is 5.77. The van der Waals surface area contributed by atoms with Crippen LogP contribution in [0.5, 0.6) is 0 Å². The molecule has 0 radical (unpaired) electrons. The van der Waals surface area contributed by atoms with E-state index in [1.807, 2.05) is 31.3 Å². The summed E-state index contributed by atoms with van der Waals surface area (Å²) in [5.41, 5.74) is 3.79. The average Bonchev–Trinajstić information content (AvgIpc) is 3.22. The van der Waals surface area contributed by atoms with E-state index in [9.17, 15) is 4.79 Å². The van der Waals surface area contributed by atoms with E-state index in [4.69, 9.17) is 11.6 Å². The van der Waals surface area contributed by atoms with Gasteiger partial charge in [0.1, 0.15) is 4.88 Å². The van der Waals surface area contributed by atoms with Gasteiger partial charge in [0.2, 0.25) is 0 Å². The van der Waals surface area contributed by atoms with Crippen molar-refractivity contribution in [1.82, 2.24) is 5.43 Å². The number of benzene rings is 1. The number of hydrogen-bond acceptors (Lipinski definition) is 3. The second-order valence-corrected chi connectivity index (χ2v) is 7.84. The lowest BCUT2D eigenvalue weighted by Gasteiger charge is -2.11. The number of nitrogens with one attached hydrogen (secondary N) is 1. The molecule has 3 nitrogen and oxygen atoms in total. The number of halogens is 1. The summed E-state index contributed by atoms with van der Waals surface area (Å²) >= 11 is 7.76. The molecular weight excluding hydrogens is 328 g/mol. The molecule has 1 heterocycles. The number of thiophene rings is 1. The van der Waals surface area contributed by atoms with Gasteiger partial charge in [0.15, 0.2) is 0 Å². The molecule has 3 unspecified atom stereocenters. The van der Waals surface area contributed by atoms with E-state index in [1.165, 1.54) is 17.8 Å². The molecule has 23 heavy (non-hydrogen) atoms. The zero-order valence-electron chi connectivity index (χ0n) is 12.8. The van der Waals surface area contributed by atoms with E-state index in [-0.39, 0.29) is 5.91 Å². The van der Waals surface area contributed by atoms with Crippen molar-refractivity contribution < 1.29 is 4.79 Å². The van der Waals surface area contributed by atoms with Crippen molar-refractivity contribution >= 4 is 45.1 Å². The maximum atomic E-state index is 12.3. The predicted molar refractivity (Wildman–Crippen MR) is 96.4 cm³/mol. The van der Waals surface area contributed by atoms with Gasteiger partial charge in [-0.05, 0) is 43.2 Å². The van der Waals surface area contributed by atoms with Crippen LogP contribution in [0.1, 0.15) is 28.1 Å². The average molecular weight is 345 g/mol. The number of carbonyl (C=O) groups excluding carboxylic acids is 1. The molecule has 0 saturated heterocycles. The van der Waals surface area contributed by atoms with Crippen LogP contribution in [0, 0.1) is 24.7 Å². The lowest BCUT2D eigenvalue weighted by molar-refractivity contribution is 0.0959. The number of aryl methyl sites for hydroxylation is 1. The maximum Gasteiger partial charge on any atom is 0.282 e. The van der Waals surface area contributed by atoms with Crippen molar-refractivity contribution in [2.24, 2.45) is 22.9 Å². The zero-order chi connectivity index (χ0) is 16.0. The summed E-state index contributed by atoms with van der Waals surface area (Å²) in [5, 5.41) is 5.61. The molecule has 2 aromatic rings. The van der Waals surface area contributed by atoms with Gasteiger partial charge in [-0.25, -0.2) is 5.43 Å². The number of nitrogens with zero attached hydrogens (tertiary/aromatic N) is 1. The Morgan fingerprint density at radius 3 is 3.00 bits per heavy atom. The normalized spacial score (nSPS) is 25.7. The Bertz CT molecular complexity index is 839. The van der Waals surface area contributed by atoms with Crippen molar-refractivity contribution in [3.05, 3.63) is 45.8 Å². The molecule has 5 heteroatoms. The van der Waals surface area contributed by atoms with Crippen LogP contribution in [0.15, 0.2) is 35.5 Å². The number of allylic oxidation sites excluding steroid dienone is 2. The van der Waals surface area contributed by atoms with Crippen LogP contribution in [-0.2, 0) is 0 Å². The molecule has 3 atom stereocenters. The minimum atomic E-state index is -0.233. The van der Waals surface area contributed by atoms with Crippen molar-refractivity contribution in [1.29, 1.82) is 0 Å². The Morgan fingerprint density at radius 1 is 1.39 bits per heavy atom. The first-order valence-electron chi connectivity index (χ1n) is 7.82. The van der Waals surface area contributed by atoms with Crippen molar-refractivity contribution in [3.63, 3.8) is 0 Å². The van der Waals surface area contributed by atoms with Gasteiger partial charge >= 0.3 is 0 Å². The zero-order valence-corrected chi connectivity index (χ0v) is 14.3. The van der Waals surface area contributed by atoms with E-state index >= 15 is 0 Å². The van der Waals surface area contributed by atoms with Crippen molar-refractivity contribution in [3.8, 4) is 0 Å². The molecular formula is C18H17ClN2OS. The highest BCUT2D eigenvalue weighted by atomic mass is 35.5. The number of fused-ring (bicyclic) bond motifs is 3. The summed E-state index contributed by atoms with van der Waals surface area (Å²) in [5.74, 6) is 1.51. The van der Waals surface area contributed by atoms with Crippen LogP contribution in [0.4, 0.5) is 0 Å². The van der Waals surface area contributed by atoms with E-state index in [1.54, 1.807) is 0 Å². The van der Waals surface area contributed by atoms with Crippen molar-refractivity contribution in [2.75, 3.05) is 0 Å². The SMILES string of the molecule is Cc1ccc2c(Cl)c(C(=O)N/N=C/C3CC4C=CC3C4)sc2c1. The van der Waals surface area contributed by atoms with E-state index in [0.29, 0.717) is 27.7 Å². The highest BCUT2D eigenvalue weighted by Crippen LogP contribution is 2.42. The van der Waals surface area contributed by atoms with Crippen LogP contribution < -0.4 is 5.43 Å². The number of amides is 1. The van der Waals surface area contributed by atoms with Crippen LogP contribution in [-0.4, -0.2) is 12.1 Å². The molecule has 2 aliphatic rings. The Labute approximate surface area is 144 Å². The number of rotatable bonds is 3. The molecule has 118 valence electrons. The number of hydrazone groups is 1. The van der Waals surface area contributed by atoms with Gasteiger partial charge in [-0.2, -0.15) is 5.10 Å². The van der Waals surface area contributed by atoms with Gasteiger partial charge in [-0.15, -0.1) is 11.3 Å². The Morgan fingerprint density at radius 2 is 2.26 bits per heavy atom. The van der Waals surface area contributed by atoms with Crippen LogP contribution in [0.2, 0.25) is 5.02 Å². The molecule has 1 fully saturated rings. The Balaban J connectivity index is 1.49. The third-order valence-electron chi connectivity index (χ3n) is 4.75. The van der Waals surface area contributed by atoms with Gasteiger partial charge in [0.25, 0.3) is 5.91 Å². The van der Waals surface area contributed by atoms with E-state index < -0.39 is 0 Å². The lowest BCUT2D eigenvalue weighted by atomic mass is 9.95. The molecule has 0 aliphatic heterocycles. The monoisotopic (exact) mass is 344 g/mol. The van der Waals surface area contributed by atoms with E-state index in [0.717, 1.165) is 22.1 Å². The second-order valence-electron chi connectivity index (χ2n) is 6.41. The minimum Gasteiger partial charge on any atom is -0.266 e. The van der Waals surface area contributed by atoms with Gasteiger partial charge in [0.05, 0.1) is 5.02 Å². The first-order valence-corrected chi connectivity index (χ1v) is 9.02. The molecule has 1 aromatic carbocycles. The largest absolute Gasteiger partial charge is 0.282 e. The summed E-state index contributed by atoms with van der Waals surface area (Å²) in [7, 11) is 0. The van der Waals surface area contributed by atoms with Crippen LogP contribution in [0.25, 0.3) is 10.1 Å². The highest BCUT2D eigenvalue weighted by Gasteiger charge is 2.34. The van der Waals surface area contributed by atoms with E-state index in [2.05, 4.69) is 22.7 Å². The van der Waals surface area contributed by atoms with Gasteiger partial charge in [-0.1, -0.05) is 35.9 Å². The smallest absolute Gasteiger partial charge is 0.266 e. The molecule has 1 N–H and O–H groups in total. The van der Waals surface area contributed by atoms with Crippen LogP contribution >= 0.6 is 22.9 Å². The third-order valence-corrected chi connectivity index (χ3v) is 6.41. The number of hydrogen-bond donors (Lipinski definition) is 1. The topological polar surface area (TPSA) is 41.5 Å². The highest BCUT2D eigenvalue weighted by molar-refractivity contribution is 7.21. The Kier molecular flexibility index (Phi) is 3.74. The summed E-state index contributed by atoms with van der Waals surface area (Å²) < 4.78 is 1.03. The molecule has 1 amide bonds. The molecule has 2 bridgehead atoms. The molecule has 4 rings (SSSR count). The quantitative estimate of drug-likeness (QED) is 0.485. The Hall–Kier alpha value is -1.65. The van der Waals surface area contributed by atoms with Gasteiger partial charge in [-0.3, -0.25) is 4.79 Å². The van der Waals surface area contributed by atoms with Crippen LogP contribution in [0.3, 0.4) is 0 Å². The van der Waals surface area contributed by atoms with Gasteiger partial charge < -0.3 is 0 Å². The number of carbonyl (C=O) groups is 1. The summed E-state index contributed by atoms with van der Waals surface area (Å²) in [6.07, 6.45) is 8.83. The maximum absolute atomic E-state index is 12.3. The third kappa shape index (κ3) is 2.70. The summed E-state index contributed by atoms with van der Waals surface area (Å²) in [4.78, 5) is 12.9. The first-order chi connectivity index (χ1) is 11.1. The fourth-order valence-corrected chi connectivity index (χ4v) is 5.06. The predicted octanol–water partition coefficient (Wildman–Crippen LogP) is 4.79. The summed E-state index contributed by atoms with van der Waals surface area (Å²) in [6.45, 7) is 2.03. The first kappa shape index (κ1) is 14.9. The fourth-order valence-electron chi connectivity index (χ4n) is 3.56. The van der Waals surface area contributed by atoms with Crippen molar-refractivity contribution in [2.45, 2.75) is 19.8 Å². The van der Waals surface area contributed by atoms with Gasteiger partial charge in [0, 0.05) is 22.2 Å². The molecule has 0 spiro atoms. The molecule has 1 aromatic heterocycles.